The largest absolute Gasteiger partial charge is 0.505 e. The summed E-state index contributed by atoms with van der Waals surface area (Å²) in [6.45, 7) is 3.32. The average molecular weight is 340 g/mol. The third kappa shape index (κ3) is 2.61. The van der Waals surface area contributed by atoms with Gasteiger partial charge in [0.25, 0.3) is 5.91 Å². The van der Waals surface area contributed by atoms with Gasteiger partial charge < -0.3 is 10.0 Å². The summed E-state index contributed by atoms with van der Waals surface area (Å²) in [4.78, 5) is 19.2. The van der Waals surface area contributed by atoms with Crippen molar-refractivity contribution in [2.75, 3.05) is 13.1 Å². The Morgan fingerprint density at radius 1 is 1.28 bits per heavy atom. The van der Waals surface area contributed by atoms with E-state index < -0.39 is 11.6 Å². The topological polar surface area (TPSA) is 82.1 Å². The quantitative estimate of drug-likeness (QED) is 0.751. The molecular formula is C18H17FN4O2. The minimum absolute atomic E-state index is 0.0603. The summed E-state index contributed by atoms with van der Waals surface area (Å²) in [5.41, 5.74) is 2.63. The molecule has 1 aromatic carbocycles. The number of phenols is 1. The summed E-state index contributed by atoms with van der Waals surface area (Å²) in [6, 6.07) is 5.72. The van der Waals surface area contributed by atoms with Gasteiger partial charge in [-0.25, -0.2) is 9.37 Å². The molecule has 2 aromatic heterocycles. The Balaban J connectivity index is 1.89. The molecule has 0 aliphatic carbocycles. The average Bonchev–Trinajstić information content (AvgIpc) is 3.26. The molecule has 1 aliphatic heterocycles. The number of pyridine rings is 1. The number of aryl methyl sites for hydroxylation is 1. The molecule has 6 nitrogen and oxygen atoms in total. The number of phenolic OH excluding ortho intramolecular Hbond substituents is 1. The SMILES string of the molecule is Cc1[nH]nc2nc(-c3ccc(O)c(F)c3)cc(C(=O)N3CCCC3)c12. The number of halogens is 1. The van der Waals surface area contributed by atoms with Gasteiger partial charge in [0, 0.05) is 24.3 Å². The van der Waals surface area contributed by atoms with Crippen LogP contribution in [-0.2, 0) is 0 Å². The van der Waals surface area contributed by atoms with Crippen molar-refractivity contribution in [1.82, 2.24) is 20.1 Å². The van der Waals surface area contributed by atoms with E-state index >= 15 is 0 Å². The van der Waals surface area contributed by atoms with Crippen LogP contribution in [-0.4, -0.2) is 44.2 Å². The summed E-state index contributed by atoms with van der Waals surface area (Å²) in [6.07, 6.45) is 2.00. The van der Waals surface area contributed by atoms with Gasteiger partial charge in [0.2, 0.25) is 0 Å². The maximum Gasteiger partial charge on any atom is 0.254 e. The van der Waals surface area contributed by atoms with Gasteiger partial charge in [-0.1, -0.05) is 0 Å². The Hall–Kier alpha value is -2.96. The Bertz CT molecular complexity index is 977. The Kier molecular flexibility index (Phi) is 3.63. The number of nitrogens with one attached hydrogen (secondary N) is 1. The van der Waals surface area contributed by atoms with Crippen molar-refractivity contribution < 1.29 is 14.3 Å². The van der Waals surface area contributed by atoms with E-state index in [1.54, 1.807) is 12.1 Å². The number of aromatic nitrogens is 3. The summed E-state index contributed by atoms with van der Waals surface area (Å²) in [5.74, 6) is -1.21. The summed E-state index contributed by atoms with van der Waals surface area (Å²) in [7, 11) is 0. The molecule has 3 aromatic rings. The van der Waals surface area contributed by atoms with Gasteiger partial charge in [-0.3, -0.25) is 9.89 Å². The number of aromatic hydroxyl groups is 1. The fourth-order valence-electron chi connectivity index (χ4n) is 3.25. The molecule has 0 spiro atoms. The highest BCUT2D eigenvalue weighted by Gasteiger charge is 2.24. The maximum atomic E-state index is 13.7. The molecule has 0 unspecified atom stereocenters. The Morgan fingerprint density at radius 3 is 2.76 bits per heavy atom. The molecular weight excluding hydrogens is 323 g/mol. The van der Waals surface area contributed by atoms with Gasteiger partial charge in [-0.2, -0.15) is 5.10 Å². The Labute approximate surface area is 143 Å². The molecule has 0 bridgehead atoms. The van der Waals surface area contributed by atoms with Crippen molar-refractivity contribution in [3.8, 4) is 17.0 Å². The number of likely N-dealkylation sites (tertiary alicyclic amines) is 1. The number of H-pyrrole nitrogens is 1. The monoisotopic (exact) mass is 340 g/mol. The highest BCUT2D eigenvalue weighted by atomic mass is 19.1. The van der Waals surface area contributed by atoms with Crippen LogP contribution in [0.1, 0.15) is 28.9 Å². The number of carbonyl (C=O) groups excluding carboxylic acids is 1. The number of nitrogens with zero attached hydrogens (tertiary/aromatic N) is 3. The van der Waals surface area contributed by atoms with E-state index in [0.29, 0.717) is 27.9 Å². The van der Waals surface area contributed by atoms with Gasteiger partial charge in [-0.05, 0) is 44.0 Å². The molecule has 1 fully saturated rings. The molecule has 0 radical (unpaired) electrons. The molecule has 0 atom stereocenters. The van der Waals surface area contributed by atoms with Crippen molar-refractivity contribution in [3.05, 3.63) is 41.3 Å². The lowest BCUT2D eigenvalue weighted by Gasteiger charge is -2.16. The van der Waals surface area contributed by atoms with E-state index in [-0.39, 0.29) is 5.91 Å². The standard InChI is InChI=1S/C18H17FN4O2/c1-10-16-12(18(25)23-6-2-3-7-23)9-14(20-17(16)22-21-10)11-4-5-15(24)13(19)8-11/h4-5,8-9,24H,2-3,6-7H2,1H3,(H,20,21,22). The maximum absolute atomic E-state index is 13.7. The van der Waals surface area contributed by atoms with Crippen LogP contribution >= 0.6 is 0 Å². The summed E-state index contributed by atoms with van der Waals surface area (Å²) < 4.78 is 13.7. The van der Waals surface area contributed by atoms with Crippen LogP contribution in [0.15, 0.2) is 24.3 Å². The Morgan fingerprint density at radius 2 is 2.04 bits per heavy atom. The van der Waals surface area contributed by atoms with E-state index in [1.807, 2.05) is 11.8 Å². The molecule has 0 saturated carbocycles. The van der Waals surface area contributed by atoms with Crippen LogP contribution in [0.25, 0.3) is 22.3 Å². The predicted octanol–water partition coefficient (Wildman–Crippen LogP) is 3.01. The second-order valence-corrected chi connectivity index (χ2v) is 6.27. The molecule has 4 rings (SSSR count). The second-order valence-electron chi connectivity index (χ2n) is 6.27. The number of hydrogen-bond acceptors (Lipinski definition) is 4. The molecule has 1 aliphatic rings. The smallest absolute Gasteiger partial charge is 0.254 e. The van der Waals surface area contributed by atoms with Crippen LogP contribution in [0.4, 0.5) is 4.39 Å². The van der Waals surface area contributed by atoms with Crippen LogP contribution in [0.3, 0.4) is 0 Å². The number of carbonyl (C=O) groups is 1. The fourth-order valence-corrected chi connectivity index (χ4v) is 3.25. The normalized spacial score (nSPS) is 14.4. The van der Waals surface area contributed by atoms with Crippen molar-refractivity contribution >= 4 is 16.9 Å². The number of aromatic amines is 1. The van der Waals surface area contributed by atoms with Gasteiger partial charge in [0.1, 0.15) is 0 Å². The second kappa shape index (κ2) is 5.84. The van der Waals surface area contributed by atoms with Crippen molar-refractivity contribution in [2.45, 2.75) is 19.8 Å². The van der Waals surface area contributed by atoms with Gasteiger partial charge >= 0.3 is 0 Å². The lowest BCUT2D eigenvalue weighted by molar-refractivity contribution is 0.0794. The molecule has 128 valence electrons. The third-order valence-electron chi connectivity index (χ3n) is 4.57. The highest BCUT2D eigenvalue weighted by molar-refractivity contribution is 6.07. The molecule has 25 heavy (non-hydrogen) atoms. The number of hydrogen-bond donors (Lipinski definition) is 2. The first kappa shape index (κ1) is 15.6. The van der Waals surface area contributed by atoms with Gasteiger partial charge in [-0.15, -0.1) is 0 Å². The molecule has 1 amide bonds. The molecule has 7 heteroatoms. The van der Waals surface area contributed by atoms with Crippen LogP contribution in [0.2, 0.25) is 0 Å². The van der Waals surface area contributed by atoms with Gasteiger partial charge in [0.05, 0.1) is 16.6 Å². The van der Waals surface area contributed by atoms with E-state index in [4.69, 9.17) is 0 Å². The van der Waals surface area contributed by atoms with Crippen molar-refractivity contribution in [3.63, 3.8) is 0 Å². The first-order valence-corrected chi connectivity index (χ1v) is 8.18. The minimum Gasteiger partial charge on any atom is -0.505 e. The van der Waals surface area contributed by atoms with Crippen LogP contribution in [0.5, 0.6) is 5.75 Å². The van der Waals surface area contributed by atoms with E-state index in [1.165, 1.54) is 12.1 Å². The van der Waals surface area contributed by atoms with Crippen molar-refractivity contribution in [1.29, 1.82) is 0 Å². The number of fused-ring (bicyclic) bond motifs is 1. The highest BCUT2D eigenvalue weighted by Crippen LogP contribution is 2.29. The predicted molar refractivity (Wildman–Crippen MR) is 90.8 cm³/mol. The fraction of sp³-hybridized carbons (Fsp3) is 0.278. The third-order valence-corrected chi connectivity index (χ3v) is 4.57. The number of amides is 1. The molecule has 2 N–H and O–H groups in total. The van der Waals surface area contributed by atoms with Crippen molar-refractivity contribution in [2.24, 2.45) is 0 Å². The van der Waals surface area contributed by atoms with Gasteiger partial charge in [0.15, 0.2) is 17.2 Å². The zero-order valence-electron chi connectivity index (χ0n) is 13.7. The minimum atomic E-state index is -0.731. The molecule has 3 heterocycles. The van der Waals surface area contributed by atoms with Crippen LogP contribution in [0, 0.1) is 12.7 Å². The van der Waals surface area contributed by atoms with Crippen LogP contribution < -0.4 is 0 Å². The number of benzene rings is 1. The summed E-state index contributed by atoms with van der Waals surface area (Å²) in [5, 5.41) is 17.1. The van der Waals surface area contributed by atoms with E-state index in [0.717, 1.165) is 31.6 Å². The zero-order chi connectivity index (χ0) is 17.6. The van der Waals surface area contributed by atoms with E-state index in [9.17, 15) is 14.3 Å². The van der Waals surface area contributed by atoms with E-state index in [2.05, 4.69) is 15.2 Å². The first-order chi connectivity index (χ1) is 12.0. The lowest BCUT2D eigenvalue weighted by Crippen LogP contribution is -2.28. The first-order valence-electron chi connectivity index (χ1n) is 8.18. The summed E-state index contributed by atoms with van der Waals surface area (Å²) >= 11 is 0. The zero-order valence-corrected chi connectivity index (χ0v) is 13.7. The molecule has 1 saturated heterocycles. The lowest BCUT2D eigenvalue weighted by atomic mass is 10.0. The number of rotatable bonds is 2.